The molecule has 0 saturated carbocycles. The van der Waals surface area contributed by atoms with Crippen LogP contribution in [-0.2, 0) is 6.42 Å². The first-order valence-corrected chi connectivity index (χ1v) is 10.5. The number of methoxy groups -OCH3 is 3. The third-order valence-corrected chi connectivity index (χ3v) is 5.16. The molecule has 30 heavy (non-hydrogen) atoms. The average molecular weight is 413 g/mol. The number of hydrogen-bond acceptors (Lipinski definition) is 6. The van der Waals surface area contributed by atoms with Crippen LogP contribution in [0.25, 0.3) is 16.9 Å². The van der Waals surface area contributed by atoms with Crippen LogP contribution in [-0.4, -0.2) is 48.8 Å². The smallest absolute Gasteiger partial charge is 0.165 e. The van der Waals surface area contributed by atoms with Gasteiger partial charge in [-0.25, -0.2) is 4.98 Å². The largest absolute Gasteiger partial charge is 0.496 e. The zero-order valence-electron chi connectivity index (χ0n) is 18.9. The molecular formula is C23H32N4O3. The lowest BCUT2D eigenvalue weighted by molar-refractivity contribution is 0.377. The molecule has 0 bridgehead atoms. The summed E-state index contributed by atoms with van der Waals surface area (Å²) in [4.78, 5) is 12.1. The summed E-state index contributed by atoms with van der Waals surface area (Å²) in [6.45, 7) is 8.53. The summed E-state index contributed by atoms with van der Waals surface area (Å²) in [7, 11) is 4.89. The minimum Gasteiger partial charge on any atom is -0.496 e. The number of benzene rings is 1. The highest BCUT2D eigenvalue weighted by Gasteiger charge is 2.24. The Labute approximate surface area is 178 Å². The highest BCUT2D eigenvalue weighted by Crippen LogP contribution is 2.43. The number of rotatable bonds is 10. The van der Waals surface area contributed by atoms with E-state index in [2.05, 4.69) is 35.1 Å². The van der Waals surface area contributed by atoms with Crippen molar-refractivity contribution in [3.05, 3.63) is 30.2 Å². The molecule has 0 aliphatic rings. The molecule has 7 nitrogen and oxygen atoms in total. The van der Waals surface area contributed by atoms with Gasteiger partial charge in [-0.2, -0.15) is 0 Å². The van der Waals surface area contributed by atoms with Crippen LogP contribution in [0.3, 0.4) is 0 Å². The molecule has 162 valence electrons. The van der Waals surface area contributed by atoms with Gasteiger partial charge in [-0.05, 0) is 19.3 Å². The first-order chi connectivity index (χ1) is 14.6. The van der Waals surface area contributed by atoms with Crippen molar-refractivity contribution in [1.82, 2.24) is 14.4 Å². The Kier molecular flexibility index (Phi) is 7.03. The zero-order valence-corrected chi connectivity index (χ0v) is 18.9. The maximum absolute atomic E-state index is 5.67. The maximum atomic E-state index is 5.67. The van der Waals surface area contributed by atoms with E-state index in [4.69, 9.17) is 19.2 Å². The molecule has 2 heterocycles. The Balaban J connectivity index is 2.30. The van der Waals surface area contributed by atoms with Gasteiger partial charge in [0.25, 0.3) is 0 Å². The predicted molar refractivity (Wildman–Crippen MR) is 120 cm³/mol. The molecule has 3 aromatic rings. The molecular weight excluding hydrogens is 380 g/mol. The lowest BCUT2D eigenvalue weighted by atomic mass is 10.1. The minimum absolute atomic E-state index is 0.633. The van der Waals surface area contributed by atoms with Crippen molar-refractivity contribution in [2.24, 2.45) is 0 Å². The molecule has 3 rings (SSSR count). The summed E-state index contributed by atoms with van der Waals surface area (Å²) in [5.74, 6) is 3.07. The van der Waals surface area contributed by atoms with Crippen LogP contribution >= 0.6 is 0 Å². The molecule has 0 aliphatic heterocycles. The van der Waals surface area contributed by atoms with Crippen molar-refractivity contribution in [2.45, 2.75) is 40.0 Å². The number of imidazole rings is 1. The van der Waals surface area contributed by atoms with Gasteiger partial charge in [-0.1, -0.05) is 20.8 Å². The Morgan fingerprint density at radius 1 is 0.933 bits per heavy atom. The second kappa shape index (κ2) is 9.69. The molecule has 0 aliphatic carbocycles. The molecule has 0 fully saturated rings. The predicted octanol–water partition coefficient (Wildman–Crippen LogP) is 4.61. The van der Waals surface area contributed by atoms with Crippen LogP contribution in [0.15, 0.2) is 24.5 Å². The molecule has 0 atom stereocenters. The van der Waals surface area contributed by atoms with Crippen molar-refractivity contribution in [3.8, 4) is 28.5 Å². The number of ether oxygens (including phenoxy) is 3. The van der Waals surface area contributed by atoms with Crippen molar-refractivity contribution >= 4 is 11.5 Å². The summed E-state index contributed by atoms with van der Waals surface area (Å²) >= 11 is 0. The van der Waals surface area contributed by atoms with E-state index in [9.17, 15) is 0 Å². The van der Waals surface area contributed by atoms with Gasteiger partial charge in [-0.15, -0.1) is 0 Å². The maximum Gasteiger partial charge on any atom is 0.165 e. The van der Waals surface area contributed by atoms with Gasteiger partial charge in [0.1, 0.15) is 28.8 Å². The molecule has 0 amide bonds. The van der Waals surface area contributed by atoms with E-state index in [-0.39, 0.29) is 0 Å². The molecule has 0 radical (unpaired) electrons. The fourth-order valence-corrected chi connectivity index (χ4v) is 3.86. The molecule has 0 N–H and O–H groups in total. The summed E-state index contributed by atoms with van der Waals surface area (Å²) < 4.78 is 18.9. The Bertz CT molecular complexity index is 969. The van der Waals surface area contributed by atoms with E-state index in [1.165, 1.54) is 0 Å². The van der Waals surface area contributed by atoms with Crippen LogP contribution in [0, 0.1) is 0 Å². The lowest BCUT2D eigenvalue weighted by Crippen LogP contribution is -2.27. The van der Waals surface area contributed by atoms with Gasteiger partial charge in [0.2, 0.25) is 0 Å². The van der Waals surface area contributed by atoms with E-state index in [0.717, 1.165) is 60.8 Å². The number of aryl methyl sites for hydroxylation is 1. The fraction of sp³-hybridized carbons (Fsp3) is 0.478. The normalized spacial score (nSPS) is 11.0. The van der Waals surface area contributed by atoms with Crippen LogP contribution in [0.4, 0.5) is 5.82 Å². The van der Waals surface area contributed by atoms with Crippen LogP contribution in [0.1, 0.15) is 39.3 Å². The highest BCUT2D eigenvalue weighted by molar-refractivity contribution is 5.85. The number of fused-ring (bicyclic) bond motifs is 1. The summed E-state index contributed by atoms with van der Waals surface area (Å²) in [6, 6.07) is 3.68. The minimum atomic E-state index is 0.633. The van der Waals surface area contributed by atoms with Crippen LogP contribution < -0.4 is 19.1 Å². The second-order valence-corrected chi connectivity index (χ2v) is 7.10. The number of anilines is 1. The molecule has 1 aromatic carbocycles. The number of aromatic nitrogens is 3. The monoisotopic (exact) mass is 412 g/mol. The summed E-state index contributed by atoms with van der Waals surface area (Å²) in [5, 5.41) is 0. The number of hydrogen-bond donors (Lipinski definition) is 0. The second-order valence-electron chi connectivity index (χ2n) is 7.10. The van der Waals surface area contributed by atoms with Crippen LogP contribution in [0.5, 0.6) is 17.2 Å². The molecule has 0 spiro atoms. The SMILES string of the molecule is CCCN(CCC)c1c(CC)nc2c(-c3c(OC)cc(OC)cc3OC)nccn12. The summed E-state index contributed by atoms with van der Waals surface area (Å²) in [6.07, 6.45) is 6.80. The Morgan fingerprint density at radius 2 is 1.57 bits per heavy atom. The topological polar surface area (TPSA) is 61.1 Å². The van der Waals surface area contributed by atoms with Gasteiger partial charge in [-0.3, -0.25) is 9.38 Å². The first kappa shape index (κ1) is 21.7. The van der Waals surface area contributed by atoms with E-state index >= 15 is 0 Å². The lowest BCUT2D eigenvalue weighted by Gasteiger charge is -2.24. The molecule has 0 unspecified atom stereocenters. The molecule has 2 aromatic heterocycles. The first-order valence-electron chi connectivity index (χ1n) is 10.5. The van der Waals surface area contributed by atoms with E-state index in [1.807, 2.05) is 24.5 Å². The average Bonchev–Trinajstić information content (AvgIpc) is 3.16. The summed E-state index contributed by atoms with van der Waals surface area (Å²) in [5.41, 5.74) is 3.35. The third kappa shape index (κ3) is 3.88. The number of nitrogens with zero attached hydrogens (tertiary/aromatic N) is 4. The van der Waals surface area contributed by atoms with Crippen molar-refractivity contribution in [1.29, 1.82) is 0 Å². The zero-order chi connectivity index (χ0) is 21.7. The Morgan fingerprint density at radius 3 is 2.07 bits per heavy atom. The standard InChI is InChI=1S/C23H32N4O3/c1-7-11-26(12-8-2)23-17(9-3)25-22-21(24-10-13-27(22)23)20-18(29-5)14-16(28-4)15-19(20)30-6/h10,13-15H,7-9,11-12H2,1-6H3. The van der Waals surface area contributed by atoms with E-state index in [1.54, 1.807) is 21.3 Å². The van der Waals surface area contributed by atoms with Gasteiger partial charge in [0.05, 0.1) is 32.6 Å². The third-order valence-electron chi connectivity index (χ3n) is 5.16. The van der Waals surface area contributed by atoms with Gasteiger partial charge in [0, 0.05) is 37.6 Å². The van der Waals surface area contributed by atoms with Crippen LogP contribution in [0.2, 0.25) is 0 Å². The highest BCUT2D eigenvalue weighted by atomic mass is 16.5. The Hall–Kier alpha value is -2.96. The quantitative estimate of drug-likeness (QED) is 0.485. The van der Waals surface area contributed by atoms with E-state index in [0.29, 0.717) is 17.2 Å². The molecule has 0 saturated heterocycles. The molecule has 7 heteroatoms. The van der Waals surface area contributed by atoms with Gasteiger partial charge in [0.15, 0.2) is 5.65 Å². The van der Waals surface area contributed by atoms with Crippen molar-refractivity contribution in [3.63, 3.8) is 0 Å². The van der Waals surface area contributed by atoms with Crippen molar-refractivity contribution < 1.29 is 14.2 Å². The van der Waals surface area contributed by atoms with Crippen molar-refractivity contribution in [2.75, 3.05) is 39.3 Å². The van der Waals surface area contributed by atoms with E-state index < -0.39 is 0 Å². The fourth-order valence-electron chi connectivity index (χ4n) is 3.86. The van der Waals surface area contributed by atoms with Gasteiger partial charge >= 0.3 is 0 Å². The van der Waals surface area contributed by atoms with Gasteiger partial charge < -0.3 is 19.1 Å².